The van der Waals surface area contributed by atoms with Crippen LogP contribution in [0.4, 0.5) is 0 Å². The summed E-state index contributed by atoms with van der Waals surface area (Å²) in [6.45, 7) is 16.4. The van der Waals surface area contributed by atoms with Crippen molar-refractivity contribution in [3.63, 3.8) is 0 Å². The number of hydrogen-bond donors (Lipinski definition) is 0. The minimum atomic E-state index is 1.28. The van der Waals surface area contributed by atoms with Gasteiger partial charge in [0.2, 0.25) is 0 Å². The zero-order valence-electron chi connectivity index (χ0n) is 17.9. The van der Waals surface area contributed by atoms with Gasteiger partial charge in [0.1, 0.15) is 0 Å². The van der Waals surface area contributed by atoms with E-state index in [1.165, 1.54) is 33.4 Å². The van der Waals surface area contributed by atoms with E-state index in [1.54, 1.807) is 0 Å². The molecule has 3 aromatic rings. The Balaban J connectivity index is 0.000000948. The first kappa shape index (κ1) is 23.7. The van der Waals surface area contributed by atoms with Gasteiger partial charge >= 0.3 is 0 Å². The predicted molar refractivity (Wildman–Crippen MR) is 121 cm³/mol. The Morgan fingerprint density at radius 1 is 0.423 bits per heavy atom. The van der Waals surface area contributed by atoms with Crippen molar-refractivity contribution in [3.8, 4) is 22.3 Å². The Morgan fingerprint density at radius 2 is 0.692 bits per heavy atom. The monoisotopic (exact) mass is 348 g/mol. The molecule has 0 aliphatic rings. The van der Waals surface area contributed by atoms with Crippen molar-refractivity contribution >= 4 is 0 Å². The third-order valence-electron chi connectivity index (χ3n) is 3.74. The van der Waals surface area contributed by atoms with Gasteiger partial charge in [-0.05, 0) is 47.2 Å². The average Bonchev–Trinajstić information content (AvgIpc) is 2.75. The van der Waals surface area contributed by atoms with Crippen molar-refractivity contribution in [1.82, 2.24) is 0 Å². The van der Waals surface area contributed by atoms with Crippen LogP contribution in [0.5, 0.6) is 0 Å². The van der Waals surface area contributed by atoms with Gasteiger partial charge in [0.25, 0.3) is 0 Å². The van der Waals surface area contributed by atoms with Crippen LogP contribution in [-0.4, -0.2) is 0 Å². The highest BCUT2D eigenvalue weighted by atomic mass is 14.1. The summed E-state index contributed by atoms with van der Waals surface area (Å²) in [5, 5.41) is 0. The lowest BCUT2D eigenvalue weighted by Gasteiger charge is -2.13. The van der Waals surface area contributed by atoms with Crippen molar-refractivity contribution in [2.45, 2.75) is 55.4 Å². The molecule has 26 heavy (non-hydrogen) atoms. The molecule has 0 heteroatoms. The summed E-state index contributed by atoms with van der Waals surface area (Å²) in [5.74, 6) is 0. The molecule has 0 fully saturated rings. The summed E-state index contributed by atoms with van der Waals surface area (Å²) in [5.41, 5.74) is 7.85. The van der Waals surface area contributed by atoms with Crippen LogP contribution in [0.3, 0.4) is 0 Å². The molecular formula is C26H36. The van der Waals surface area contributed by atoms with E-state index in [0.29, 0.717) is 0 Å². The van der Waals surface area contributed by atoms with E-state index in [2.05, 4.69) is 86.6 Å². The summed E-state index contributed by atoms with van der Waals surface area (Å²) in [7, 11) is 0. The summed E-state index contributed by atoms with van der Waals surface area (Å²) < 4.78 is 0. The second-order valence-corrected chi connectivity index (χ2v) is 5.21. The van der Waals surface area contributed by atoms with Gasteiger partial charge in [-0.3, -0.25) is 0 Å². The molecule has 0 saturated heterocycles. The zero-order valence-corrected chi connectivity index (χ0v) is 17.9. The van der Waals surface area contributed by atoms with Gasteiger partial charge in [-0.25, -0.2) is 0 Å². The van der Waals surface area contributed by atoms with E-state index < -0.39 is 0 Å². The second kappa shape index (κ2) is 13.9. The van der Waals surface area contributed by atoms with Crippen LogP contribution in [0.15, 0.2) is 72.8 Å². The molecule has 0 amide bonds. The smallest absolute Gasteiger partial charge is 0.0152 e. The summed E-state index contributed by atoms with van der Waals surface area (Å²) in [6, 6.07) is 25.8. The highest BCUT2D eigenvalue weighted by Crippen LogP contribution is 2.31. The minimum absolute atomic E-state index is 1.28. The third-order valence-corrected chi connectivity index (χ3v) is 3.74. The fourth-order valence-electron chi connectivity index (χ4n) is 2.67. The first-order chi connectivity index (χ1) is 12.8. The van der Waals surface area contributed by atoms with E-state index in [-0.39, 0.29) is 0 Å². The molecule has 0 radical (unpaired) electrons. The van der Waals surface area contributed by atoms with Gasteiger partial charge in [0.05, 0.1) is 0 Å². The van der Waals surface area contributed by atoms with E-state index in [4.69, 9.17) is 0 Å². The van der Waals surface area contributed by atoms with Crippen LogP contribution in [0.2, 0.25) is 0 Å². The lowest BCUT2D eigenvalue weighted by atomic mass is 9.92. The number of hydrogen-bond acceptors (Lipinski definition) is 0. The van der Waals surface area contributed by atoms with Crippen LogP contribution in [0, 0.1) is 13.8 Å². The Labute approximate surface area is 161 Å². The maximum absolute atomic E-state index is 2.30. The molecule has 140 valence electrons. The summed E-state index contributed by atoms with van der Waals surface area (Å²) in [4.78, 5) is 0. The quantitative estimate of drug-likeness (QED) is 0.434. The predicted octanol–water partition coefficient (Wildman–Crippen LogP) is 8.72. The lowest BCUT2D eigenvalue weighted by molar-refractivity contribution is 1.39. The number of rotatable bonds is 2. The fourth-order valence-corrected chi connectivity index (χ4v) is 2.67. The topological polar surface area (TPSA) is 0 Å². The molecular weight excluding hydrogens is 312 g/mol. The van der Waals surface area contributed by atoms with Crippen LogP contribution in [0.1, 0.15) is 52.7 Å². The lowest BCUT2D eigenvalue weighted by Crippen LogP contribution is -1.89. The van der Waals surface area contributed by atoms with Gasteiger partial charge in [-0.1, -0.05) is 114 Å². The maximum Gasteiger partial charge on any atom is -0.0152 e. The van der Waals surface area contributed by atoms with Crippen LogP contribution >= 0.6 is 0 Å². The molecule has 0 unspecified atom stereocenters. The van der Waals surface area contributed by atoms with Gasteiger partial charge < -0.3 is 0 Å². The molecule has 0 atom stereocenters. The SMILES string of the molecule is CC.CC.CC.Cc1cc(-c2ccccc2)c(C)cc1-c1ccccc1. The fraction of sp³-hybridized carbons (Fsp3) is 0.308. The van der Waals surface area contributed by atoms with Crippen LogP contribution in [-0.2, 0) is 0 Å². The van der Waals surface area contributed by atoms with Gasteiger partial charge in [-0.15, -0.1) is 0 Å². The minimum Gasteiger partial charge on any atom is -0.0683 e. The molecule has 0 spiro atoms. The molecule has 0 aliphatic heterocycles. The van der Waals surface area contributed by atoms with Crippen molar-refractivity contribution in [1.29, 1.82) is 0 Å². The average molecular weight is 349 g/mol. The number of aryl methyl sites for hydroxylation is 2. The summed E-state index contributed by atoms with van der Waals surface area (Å²) >= 11 is 0. The summed E-state index contributed by atoms with van der Waals surface area (Å²) in [6.07, 6.45) is 0. The molecule has 3 rings (SSSR count). The van der Waals surface area contributed by atoms with Crippen molar-refractivity contribution in [2.75, 3.05) is 0 Å². The number of benzene rings is 3. The van der Waals surface area contributed by atoms with Crippen molar-refractivity contribution < 1.29 is 0 Å². The first-order valence-electron chi connectivity index (χ1n) is 9.98. The van der Waals surface area contributed by atoms with Gasteiger partial charge in [0.15, 0.2) is 0 Å². The first-order valence-corrected chi connectivity index (χ1v) is 9.98. The van der Waals surface area contributed by atoms with Crippen molar-refractivity contribution in [2.24, 2.45) is 0 Å². The third kappa shape index (κ3) is 6.52. The van der Waals surface area contributed by atoms with Crippen molar-refractivity contribution in [3.05, 3.63) is 83.9 Å². The van der Waals surface area contributed by atoms with E-state index in [1.807, 2.05) is 41.5 Å². The van der Waals surface area contributed by atoms with Gasteiger partial charge in [0, 0.05) is 0 Å². The van der Waals surface area contributed by atoms with E-state index in [9.17, 15) is 0 Å². The Hall–Kier alpha value is -2.34. The standard InChI is InChI=1S/C20H18.3C2H6/c1-15-13-20(18-11-7-4-8-12-18)16(2)14-19(15)17-9-5-3-6-10-17;3*1-2/h3-14H,1-2H3;3*1-2H3. The molecule has 0 saturated carbocycles. The highest BCUT2D eigenvalue weighted by Gasteiger charge is 2.07. The normalized spacial score (nSPS) is 8.77. The zero-order chi connectivity index (χ0) is 19.9. The largest absolute Gasteiger partial charge is 0.0683 e. The molecule has 0 aliphatic carbocycles. The molecule has 0 nitrogen and oxygen atoms in total. The van der Waals surface area contributed by atoms with Crippen LogP contribution < -0.4 is 0 Å². The second-order valence-electron chi connectivity index (χ2n) is 5.21. The van der Waals surface area contributed by atoms with Crippen LogP contribution in [0.25, 0.3) is 22.3 Å². The van der Waals surface area contributed by atoms with E-state index in [0.717, 1.165) is 0 Å². The molecule has 3 aromatic carbocycles. The molecule has 0 heterocycles. The Kier molecular flexibility index (Phi) is 12.6. The Bertz CT molecular complexity index is 645. The molecule has 0 N–H and O–H groups in total. The molecule has 0 aromatic heterocycles. The van der Waals surface area contributed by atoms with Gasteiger partial charge in [-0.2, -0.15) is 0 Å². The van der Waals surface area contributed by atoms with E-state index >= 15 is 0 Å². The maximum atomic E-state index is 2.30. The highest BCUT2D eigenvalue weighted by molar-refractivity contribution is 5.76. The molecule has 0 bridgehead atoms. The Morgan fingerprint density at radius 3 is 0.962 bits per heavy atom.